The second-order valence-electron chi connectivity index (χ2n) is 9.43. The average Bonchev–Trinajstić information content (AvgIpc) is 3.24. The fraction of sp³-hybridized carbons (Fsp3) is 0.200. The van der Waals surface area contributed by atoms with E-state index in [0.29, 0.717) is 21.9 Å². The van der Waals surface area contributed by atoms with Crippen LogP contribution < -0.4 is 4.74 Å². The normalized spacial score (nSPS) is 17.1. The number of sulfonamides is 1. The molecule has 5 rings (SSSR count). The highest BCUT2D eigenvalue weighted by Gasteiger charge is 2.48. The number of hydrogen-bond donors (Lipinski definition) is 1. The summed E-state index contributed by atoms with van der Waals surface area (Å²) in [4.78, 5) is 24.6. The molecule has 4 aromatic carbocycles. The zero-order valence-electron chi connectivity index (χ0n) is 21.6. The van der Waals surface area contributed by atoms with Crippen molar-refractivity contribution in [1.82, 2.24) is 4.31 Å². The highest BCUT2D eigenvalue weighted by atomic mass is 32.2. The maximum absolute atomic E-state index is 14.3. The van der Waals surface area contributed by atoms with Gasteiger partial charge in [-0.3, -0.25) is 9.59 Å². The number of nitrogens with zero attached hydrogens (tertiary/aromatic N) is 1. The highest BCUT2D eigenvalue weighted by molar-refractivity contribution is 7.89. The topological polar surface area (TPSA) is 110 Å². The maximum Gasteiger partial charge on any atom is 0.308 e. The molecule has 1 aliphatic rings. The van der Waals surface area contributed by atoms with Gasteiger partial charge >= 0.3 is 11.9 Å². The molecule has 39 heavy (non-hydrogen) atoms. The summed E-state index contributed by atoms with van der Waals surface area (Å²) < 4.78 is 40.3. The van der Waals surface area contributed by atoms with Crippen LogP contribution in [0.2, 0.25) is 0 Å². The molecule has 0 aromatic heterocycles. The number of methoxy groups -OCH3 is 1. The smallest absolute Gasteiger partial charge is 0.308 e. The van der Waals surface area contributed by atoms with Gasteiger partial charge in [0.1, 0.15) is 11.5 Å². The first-order valence-corrected chi connectivity index (χ1v) is 13.8. The SMILES string of the molecule is COC(=O)C[C@H]1c2ccccc2[C@@H](c2cc(OC(C)=O)c3ccccc3c2O)N1S(=O)(=O)c1ccc(C)cc1. The molecule has 0 aliphatic carbocycles. The van der Waals surface area contributed by atoms with Crippen molar-refractivity contribution in [2.24, 2.45) is 0 Å². The molecule has 2 atom stereocenters. The van der Waals surface area contributed by atoms with E-state index in [1.54, 1.807) is 60.7 Å². The Bertz CT molecular complexity index is 1700. The molecule has 0 fully saturated rings. The molecule has 8 nitrogen and oxygen atoms in total. The Morgan fingerprint density at radius 1 is 0.897 bits per heavy atom. The standard InChI is InChI=1S/C30H27NO7S/c1-18-12-14-20(15-13-18)39(35,36)31-26(17-28(33)37-3)21-8-4-6-10-23(21)29(31)25-16-27(38-19(2)32)22-9-5-7-11-24(22)30(25)34/h4-16,26,29,34H,17H2,1-3H3/t26-,29-/m0/s1. The lowest BCUT2D eigenvalue weighted by Crippen LogP contribution is -2.35. The number of carbonyl (C=O) groups excluding carboxylic acids is 2. The van der Waals surface area contributed by atoms with Crippen LogP contribution in [-0.4, -0.2) is 36.9 Å². The van der Waals surface area contributed by atoms with E-state index in [0.717, 1.165) is 5.56 Å². The van der Waals surface area contributed by atoms with Crippen LogP contribution >= 0.6 is 0 Å². The largest absolute Gasteiger partial charge is 0.507 e. The summed E-state index contributed by atoms with van der Waals surface area (Å²) in [5.74, 6) is -1.10. The van der Waals surface area contributed by atoms with E-state index in [1.807, 2.05) is 6.92 Å². The Balaban J connectivity index is 1.81. The fourth-order valence-corrected chi connectivity index (χ4v) is 6.95. The molecule has 9 heteroatoms. The summed E-state index contributed by atoms with van der Waals surface area (Å²) >= 11 is 0. The summed E-state index contributed by atoms with van der Waals surface area (Å²) in [7, 11) is -2.97. The highest BCUT2D eigenvalue weighted by Crippen LogP contribution is 2.53. The van der Waals surface area contributed by atoms with Crippen LogP contribution in [0.1, 0.15) is 47.7 Å². The molecule has 200 valence electrons. The van der Waals surface area contributed by atoms with Crippen LogP contribution in [-0.2, 0) is 24.3 Å². The molecule has 0 spiro atoms. The number of aromatic hydroxyl groups is 1. The minimum Gasteiger partial charge on any atom is -0.507 e. The zero-order valence-corrected chi connectivity index (χ0v) is 22.4. The molecule has 1 heterocycles. The van der Waals surface area contributed by atoms with E-state index < -0.39 is 34.0 Å². The lowest BCUT2D eigenvalue weighted by atomic mass is 9.94. The molecule has 1 aliphatic heterocycles. The van der Waals surface area contributed by atoms with Gasteiger partial charge in [0, 0.05) is 23.3 Å². The predicted molar refractivity (Wildman–Crippen MR) is 145 cm³/mol. The predicted octanol–water partition coefficient (Wildman–Crippen LogP) is 5.18. The minimum absolute atomic E-state index is 0.0428. The lowest BCUT2D eigenvalue weighted by Gasteiger charge is -2.30. The lowest BCUT2D eigenvalue weighted by molar-refractivity contribution is -0.141. The van der Waals surface area contributed by atoms with Crippen molar-refractivity contribution in [2.45, 2.75) is 37.2 Å². The number of benzene rings is 4. The van der Waals surface area contributed by atoms with Crippen molar-refractivity contribution in [3.05, 3.63) is 101 Å². The van der Waals surface area contributed by atoms with Crippen molar-refractivity contribution in [2.75, 3.05) is 7.11 Å². The molecule has 0 radical (unpaired) electrons. The number of carbonyl (C=O) groups is 2. The molecule has 0 saturated heterocycles. The number of hydrogen-bond acceptors (Lipinski definition) is 7. The van der Waals surface area contributed by atoms with Gasteiger partial charge in [-0.15, -0.1) is 0 Å². The number of phenols is 1. The van der Waals surface area contributed by atoms with Gasteiger partial charge in [-0.1, -0.05) is 66.2 Å². The Labute approximate surface area is 226 Å². The van der Waals surface area contributed by atoms with E-state index >= 15 is 0 Å². The fourth-order valence-electron chi connectivity index (χ4n) is 5.20. The molecule has 0 bridgehead atoms. The quantitative estimate of drug-likeness (QED) is 0.263. The maximum atomic E-state index is 14.3. The van der Waals surface area contributed by atoms with E-state index in [1.165, 1.54) is 36.5 Å². The Morgan fingerprint density at radius 3 is 2.15 bits per heavy atom. The molecule has 0 amide bonds. The van der Waals surface area contributed by atoms with Crippen LogP contribution in [0.3, 0.4) is 0 Å². The van der Waals surface area contributed by atoms with Gasteiger partial charge in [0.2, 0.25) is 10.0 Å². The Kier molecular flexibility index (Phi) is 6.88. The number of ether oxygens (including phenoxy) is 2. The number of phenolic OH excluding ortho intramolecular Hbond substituents is 1. The zero-order chi connectivity index (χ0) is 27.9. The van der Waals surface area contributed by atoms with Gasteiger partial charge in [-0.2, -0.15) is 4.31 Å². The van der Waals surface area contributed by atoms with Gasteiger partial charge in [-0.05, 0) is 36.2 Å². The molecular weight excluding hydrogens is 518 g/mol. The molecule has 4 aromatic rings. The first-order chi connectivity index (χ1) is 18.6. The summed E-state index contributed by atoms with van der Waals surface area (Å²) in [6, 6.07) is 19.9. The van der Waals surface area contributed by atoms with E-state index in [4.69, 9.17) is 9.47 Å². The van der Waals surface area contributed by atoms with Crippen molar-refractivity contribution >= 4 is 32.7 Å². The summed E-state index contributed by atoms with van der Waals surface area (Å²) in [6.45, 7) is 3.13. The summed E-state index contributed by atoms with van der Waals surface area (Å²) in [6.07, 6.45) is -0.236. The minimum atomic E-state index is -4.22. The number of rotatable bonds is 6. The third-order valence-electron chi connectivity index (χ3n) is 6.95. The van der Waals surface area contributed by atoms with E-state index in [2.05, 4.69) is 0 Å². The van der Waals surface area contributed by atoms with Gasteiger partial charge in [-0.25, -0.2) is 8.42 Å². The van der Waals surface area contributed by atoms with Crippen LogP contribution in [0.15, 0.2) is 83.8 Å². The molecular formula is C30H27NO7S. The summed E-state index contributed by atoms with van der Waals surface area (Å²) in [5.41, 5.74) is 2.33. The van der Waals surface area contributed by atoms with Gasteiger partial charge in [0.15, 0.2) is 0 Å². The average molecular weight is 546 g/mol. The summed E-state index contributed by atoms with van der Waals surface area (Å²) in [5, 5.41) is 12.4. The van der Waals surface area contributed by atoms with Gasteiger partial charge < -0.3 is 14.6 Å². The van der Waals surface area contributed by atoms with Crippen molar-refractivity contribution < 1.29 is 32.6 Å². The molecule has 0 unspecified atom stereocenters. The number of fused-ring (bicyclic) bond motifs is 2. The number of aryl methyl sites for hydroxylation is 1. The molecule has 0 saturated carbocycles. The molecule has 1 N–H and O–H groups in total. The van der Waals surface area contributed by atoms with Crippen LogP contribution in [0.25, 0.3) is 10.8 Å². The first kappa shape index (κ1) is 26.4. The first-order valence-electron chi connectivity index (χ1n) is 12.3. The second kappa shape index (κ2) is 10.2. The monoisotopic (exact) mass is 545 g/mol. The Morgan fingerprint density at radius 2 is 1.51 bits per heavy atom. The van der Waals surface area contributed by atoms with Crippen LogP contribution in [0.5, 0.6) is 11.5 Å². The Hall–Kier alpha value is -4.21. The number of esters is 2. The van der Waals surface area contributed by atoms with E-state index in [-0.39, 0.29) is 28.4 Å². The third-order valence-corrected chi connectivity index (χ3v) is 8.84. The van der Waals surface area contributed by atoms with Gasteiger partial charge in [0.05, 0.1) is 30.5 Å². The van der Waals surface area contributed by atoms with E-state index in [9.17, 15) is 23.1 Å². The van der Waals surface area contributed by atoms with Crippen LogP contribution in [0, 0.1) is 6.92 Å². The third kappa shape index (κ3) is 4.64. The van der Waals surface area contributed by atoms with Gasteiger partial charge in [0.25, 0.3) is 0 Å². The van der Waals surface area contributed by atoms with Crippen molar-refractivity contribution in [3.63, 3.8) is 0 Å². The van der Waals surface area contributed by atoms with Crippen molar-refractivity contribution in [1.29, 1.82) is 0 Å². The second-order valence-corrected chi connectivity index (χ2v) is 11.3. The van der Waals surface area contributed by atoms with Crippen molar-refractivity contribution in [3.8, 4) is 11.5 Å². The van der Waals surface area contributed by atoms with Crippen LogP contribution in [0.4, 0.5) is 0 Å².